The normalized spacial score (nSPS) is 16.6. The molecular weight excluding hydrogens is 380 g/mol. The van der Waals surface area contributed by atoms with Crippen molar-refractivity contribution in [2.24, 2.45) is 0 Å². The smallest absolute Gasteiger partial charge is 0.161 e. The molecule has 1 aliphatic rings. The predicted octanol–water partition coefficient (Wildman–Crippen LogP) is 3.63. The molecule has 25 heavy (non-hydrogen) atoms. The average Bonchev–Trinajstić information content (AvgIpc) is 2.61. The SMILES string of the molecule is COc1cc2c(cc1OCCN(C)C)C(c1ccccc1Br)NCC2. The molecule has 4 nitrogen and oxygen atoms in total. The van der Waals surface area contributed by atoms with Crippen LogP contribution in [0.1, 0.15) is 22.7 Å². The van der Waals surface area contributed by atoms with Gasteiger partial charge < -0.3 is 19.7 Å². The van der Waals surface area contributed by atoms with Crippen LogP contribution in [0.3, 0.4) is 0 Å². The van der Waals surface area contributed by atoms with Crippen molar-refractivity contribution in [1.29, 1.82) is 0 Å². The van der Waals surface area contributed by atoms with E-state index >= 15 is 0 Å². The lowest BCUT2D eigenvalue weighted by molar-refractivity contribution is 0.250. The number of hydrogen-bond donors (Lipinski definition) is 1. The zero-order chi connectivity index (χ0) is 17.8. The molecule has 134 valence electrons. The van der Waals surface area contributed by atoms with E-state index in [1.807, 2.05) is 20.2 Å². The molecule has 1 N–H and O–H groups in total. The first-order valence-corrected chi connectivity index (χ1v) is 9.35. The molecule has 1 heterocycles. The summed E-state index contributed by atoms with van der Waals surface area (Å²) < 4.78 is 12.7. The van der Waals surface area contributed by atoms with Crippen LogP contribution in [-0.4, -0.2) is 45.8 Å². The maximum atomic E-state index is 6.01. The highest BCUT2D eigenvalue weighted by atomic mass is 79.9. The van der Waals surface area contributed by atoms with Crippen molar-refractivity contribution in [2.75, 3.05) is 40.9 Å². The average molecular weight is 405 g/mol. The molecule has 0 aromatic heterocycles. The number of nitrogens with one attached hydrogen (secondary N) is 1. The molecule has 0 spiro atoms. The molecule has 0 fully saturated rings. The van der Waals surface area contributed by atoms with Gasteiger partial charge in [0.1, 0.15) is 6.61 Å². The summed E-state index contributed by atoms with van der Waals surface area (Å²) >= 11 is 3.69. The van der Waals surface area contributed by atoms with Crippen molar-refractivity contribution in [3.05, 3.63) is 57.6 Å². The number of hydrogen-bond acceptors (Lipinski definition) is 4. The van der Waals surface area contributed by atoms with Gasteiger partial charge in [-0.05, 0) is 55.4 Å². The summed E-state index contributed by atoms with van der Waals surface area (Å²) in [5.74, 6) is 1.62. The summed E-state index contributed by atoms with van der Waals surface area (Å²) in [5, 5.41) is 3.64. The number of fused-ring (bicyclic) bond motifs is 1. The molecule has 1 unspecified atom stereocenters. The zero-order valence-electron chi connectivity index (χ0n) is 15.0. The van der Waals surface area contributed by atoms with Crippen LogP contribution in [0.4, 0.5) is 0 Å². The topological polar surface area (TPSA) is 33.7 Å². The van der Waals surface area contributed by atoms with Crippen LogP contribution in [0.5, 0.6) is 11.5 Å². The van der Waals surface area contributed by atoms with Gasteiger partial charge in [-0.2, -0.15) is 0 Å². The highest BCUT2D eigenvalue weighted by molar-refractivity contribution is 9.10. The molecule has 0 saturated carbocycles. The molecule has 3 rings (SSSR count). The number of methoxy groups -OCH3 is 1. The van der Waals surface area contributed by atoms with Gasteiger partial charge in [-0.25, -0.2) is 0 Å². The maximum absolute atomic E-state index is 6.01. The van der Waals surface area contributed by atoms with Crippen molar-refractivity contribution in [2.45, 2.75) is 12.5 Å². The molecule has 0 bridgehead atoms. The molecular formula is C20H25BrN2O2. The van der Waals surface area contributed by atoms with E-state index in [0.717, 1.165) is 35.5 Å². The van der Waals surface area contributed by atoms with Gasteiger partial charge in [0.2, 0.25) is 0 Å². The third-order valence-electron chi connectivity index (χ3n) is 4.49. The van der Waals surface area contributed by atoms with Gasteiger partial charge in [0, 0.05) is 17.6 Å². The summed E-state index contributed by atoms with van der Waals surface area (Å²) in [6.45, 7) is 2.45. The van der Waals surface area contributed by atoms with Crippen LogP contribution in [0.15, 0.2) is 40.9 Å². The summed E-state index contributed by atoms with van der Waals surface area (Å²) in [5.41, 5.74) is 3.82. The quantitative estimate of drug-likeness (QED) is 0.796. The van der Waals surface area contributed by atoms with E-state index in [4.69, 9.17) is 9.47 Å². The lowest BCUT2D eigenvalue weighted by Crippen LogP contribution is -2.31. The second-order valence-corrected chi connectivity index (χ2v) is 7.37. The van der Waals surface area contributed by atoms with Gasteiger partial charge in [-0.1, -0.05) is 34.1 Å². The van der Waals surface area contributed by atoms with Gasteiger partial charge in [0.05, 0.1) is 13.2 Å². The third-order valence-corrected chi connectivity index (χ3v) is 5.21. The van der Waals surface area contributed by atoms with Crippen molar-refractivity contribution < 1.29 is 9.47 Å². The van der Waals surface area contributed by atoms with Crippen molar-refractivity contribution in [3.63, 3.8) is 0 Å². The minimum Gasteiger partial charge on any atom is -0.493 e. The number of nitrogens with zero attached hydrogens (tertiary/aromatic N) is 1. The Morgan fingerprint density at radius 1 is 1.16 bits per heavy atom. The first kappa shape index (κ1) is 18.2. The monoisotopic (exact) mass is 404 g/mol. The second-order valence-electron chi connectivity index (χ2n) is 6.51. The van der Waals surface area contributed by atoms with Crippen LogP contribution < -0.4 is 14.8 Å². The number of rotatable bonds is 6. The van der Waals surface area contributed by atoms with Crippen LogP contribution in [0.2, 0.25) is 0 Å². The number of benzene rings is 2. The van der Waals surface area contributed by atoms with E-state index in [1.54, 1.807) is 7.11 Å². The fourth-order valence-electron chi connectivity index (χ4n) is 3.16. The van der Waals surface area contributed by atoms with Gasteiger partial charge in [-0.15, -0.1) is 0 Å². The molecule has 1 atom stereocenters. The molecule has 0 radical (unpaired) electrons. The zero-order valence-corrected chi connectivity index (χ0v) is 16.6. The Balaban J connectivity index is 1.95. The van der Waals surface area contributed by atoms with Crippen molar-refractivity contribution >= 4 is 15.9 Å². The summed E-state index contributed by atoms with van der Waals surface area (Å²) in [6, 6.07) is 12.8. The predicted molar refractivity (Wildman–Crippen MR) is 105 cm³/mol. The lowest BCUT2D eigenvalue weighted by atomic mass is 9.89. The number of ether oxygens (including phenoxy) is 2. The Kier molecular flexibility index (Phi) is 5.99. The molecule has 0 amide bonds. The molecule has 2 aromatic carbocycles. The van der Waals surface area contributed by atoms with E-state index in [2.05, 4.69) is 56.5 Å². The Bertz CT molecular complexity index is 734. The molecule has 0 aliphatic carbocycles. The summed E-state index contributed by atoms with van der Waals surface area (Å²) in [4.78, 5) is 2.11. The Morgan fingerprint density at radius 2 is 1.96 bits per heavy atom. The van der Waals surface area contributed by atoms with Crippen LogP contribution in [0.25, 0.3) is 0 Å². The fraction of sp³-hybridized carbons (Fsp3) is 0.400. The maximum Gasteiger partial charge on any atom is 0.161 e. The summed E-state index contributed by atoms with van der Waals surface area (Å²) in [7, 11) is 5.79. The third kappa shape index (κ3) is 4.17. The molecule has 1 aliphatic heterocycles. The van der Waals surface area contributed by atoms with Crippen molar-refractivity contribution in [3.8, 4) is 11.5 Å². The Labute approximate surface area is 158 Å². The van der Waals surface area contributed by atoms with E-state index in [9.17, 15) is 0 Å². The van der Waals surface area contributed by atoms with Gasteiger partial charge >= 0.3 is 0 Å². The van der Waals surface area contributed by atoms with E-state index in [0.29, 0.717) is 6.61 Å². The first-order chi connectivity index (χ1) is 12.1. The highest BCUT2D eigenvalue weighted by Crippen LogP contribution is 2.39. The second kappa shape index (κ2) is 8.21. The van der Waals surface area contributed by atoms with Crippen LogP contribution >= 0.6 is 15.9 Å². The number of likely N-dealkylation sites (N-methyl/N-ethyl adjacent to an activating group) is 1. The molecule has 0 saturated heterocycles. The van der Waals surface area contributed by atoms with Gasteiger partial charge in [0.15, 0.2) is 11.5 Å². The first-order valence-electron chi connectivity index (χ1n) is 8.56. The van der Waals surface area contributed by atoms with Gasteiger partial charge in [0.25, 0.3) is 0 Å². The minimum atomic E-state index is 0.154. The Morgan fingerprint density at radius 3 is 2.68 bits per heavy atom. The van der Waals surface area contributed by atoms with Gasteiger partial charge in [-0.3, -0.25) is 0 Å². The van der Waals surface area contributed by atoms with E-state index in [1.165, 1.54) is 16.7 Å². The Hall–Kier alpha value is -1.56. The minimum absolute atomic E-state index is 0.154. The van der Waals surface area contributed by atoms with E-state index < -0.39 is 0 Å². The molecule has 5 heteroatoms. The highest BCUT2D eigenvalue weighted by Gasteiger charge is 2.25. The summed E-state index contributed by atoms with van der Waals surface area (Å²) in [6.07, 6.45) is 0.991. The van der Waals surface area contributed by atoms with Crippen LogP contribution in [0, 0.1) is 0 Å². The number of halogens is 1. The van der Waals surface area contributed by atoms with Crippen LogP contribution in [-0.2, 0) is 6.42 Å². The standard InChI is InChI=1S/C20H25BrN2O2/c1-23(2)10-11-25-19-13-16-14(12-18(19)24-3)8-9-22-20(16)15-6-4-5-7-17(15)21/h4-7,12-13,20,22H,8-11H2,1-3H3. The molecule has 2 aromatic rings. The fourth-order valence-corrected chi connectivity index (χ4v) is 3.68. The lowest BCUT2D eigenvalue weighted by Gasteiger charge is -2.29. The van der Waals surface area contributed by atoms with E-state index in [-0.39, 0.29) is 6.04 Å². The van der Waals surface area contributed by atoms with Crippen molar-refractivity contribution in [1.82, 2.24) is 10.2 Å². The largest absolute Gasteiger partial charge is 0.493 e.